The van der Waals surface area contributed by atoms with Gasteiger partial charge in [0.1, 0.15) is 0 Å². The lowest BCUT2D eigenvalue weighted by atomic mass is 9.88. The van der Waals surface area contributed by atoms with E-state index in [0.29, 0.717) is 5.92 Å². The Morgan fingerprint density at radius 3 is 2.67 bits per heavy atom. The van der Waals surface area contributed by atoms with Gasteiger partial charge in [-0.25, -0.2) is 0 Å². The van der Waals surface area contributed by atoms with Gasteiger partial charge in [0.15, 0.2) is 0 Å². The van der Waals surface area contributed by atoms with Crippen LogP contribution < -0.4 is 0 Å². The summed E-state index contributed by atoms with van der Waals surface area (Å²) in [7, 11) is 4.19. The Kier molecular flexibility index (Phi) is 2.88. The summed E-state index contributed by atoms with van der Waals surface area (Å²) in [6.07, 6.45) is 6.34. The minimum atomic E-state index is 0.519. The fourth-order valence-corrected chi connectivity index (χ4v) is 1.47. The third-order valence-electron chi connectivity index (χ3n) is 2.21. The lowest BCUT2D eigenvalue weighted by molar-refractivity contribution is 0.373. The lowest BCUT2D eigenvalue weighted by Crippen LogP contribution is -2.24. The monoisotopic (exact) mass is 163 g/mol. The molecule has 0 N–H and O–H groups in total. The van der Waals surface area contributed by atoms with Crippen molar-refractivity contribution >= 4 is 0 Å². The largest absolute Gasteiger partial charge is 0.308 e. The second-order valence-corrected chi connectivity index (χ2v) is 3.66. The molecule has 0 saturated heterocycles. The molecule has 0 spiro atoms. The molecule has 1 unspecified atom stereocenters. The molecule has 0 heterocycles. The van der Waals surface area contributed by atoms with Gasteiger partial charge >= 0.3 is 0 Å². The van der Waals surface area contributed by atoms with Gasteiger partial charge in [0.25, 0.3) is 0 Å². The second-order valence-electron chi connectivity index (χ2n) is 3.66. The Labute approximate surface area is 75.1 Å². The maximum Gasteiger partial charge on any atom is 0.0170 e. The van der Waals surface area contributed by atoms with E-state index in [1.807, 2.05) is 0 Å². The average Bonchev–Trinajstić information content (AvgIpc) is 1.97. The van der Waals surface area contributed by atoms with E-state index >= 15 is 0 Å². The van der Waals surface area contributed by atoms with E-state index < -0.39 is 0 Å². The van der Waals surface area contributed by atoms with Crippen LogP contribution in [0.1, 0.15) is 6.92 Å². The van der Waals surface area contributed by atoms with Gasteiger partial charge in [0.05, 0.1) is 0 Å². The molecule has 0 fully saturated rings. The first-order valence-electron chi connectivity index (χ1n) is 4.29. The summed E-state index contributed by atoms with van der Waals surface area (Å²) < 4.78 is 0. The van der Waals surface area contributed by atoms with Crippen molar-refractivity contribution in [2.75, 3.05) is 20.6 Å². The molecule has 0 aliphatic heterocycles. The molecule has 0 aromatic carbocycles. The van der Waals surface area contributed by atoms with Crippen LogP contribution >= 0.6 is 0 Å². The lowest BCUT2D eigenvalue weighted by Gasteiger charge is -2.24. The SMILES string of the molecule is C=C1C=CC=C(C)C1CN(C)C. The van der Waals surface area contributed by atoms with E-state index in [4.69, 9.17) is 0 Å². The van der Waals surface area contributed by atoms with E-state index in [2.05, 4.69) is 50.7 Å². The predicted octanol–water partition coefficient (Wildman–Crippen LogP) is 2.24. The first kappa shape index (κ1) is 9.27. The fraction of sp³-hybridized carbons (Fsp3) is 0.455. The third kappa shape index (κ3) is 2.08. The highest BCUT2D eigenvalue weighted by molar-refractivity contribution is 5.35. The summed E-state index contributed by atoms with van der Waals surface area (Å²) in [5.74, 6) is 0.519. The summed E-state index contributed by atoms with van der Waals surface area (Å²) in [4.78, 5) is 2.20. The van der Waals surface area contributed by atoms with Crippen LogP contribution in [0.3, 0.4) is 0 Å². The topological polar surface area (TPSA) is 3.24 Å². The van der Waals surface area contributed by atoms with Crippen LogP contribution in [0, 0.1) is 5.92 Å². The van der Waals surface area contributed by atoms with Crippen LogP contribution in [-0.4, -0.2) is 25.5 Å². The zero-order chi connectivity index (χ0) is 9.14. The average molecular weight is 163 g/mol. The van der Waals surface area contributed by atoms with Crippen molar-refractivity contribution < 1.29 is 0 Å². The van der Waals surface area contributed by atoms with E-state index in [9.17, 15) is 0 Å². The van der Waals surface area contributed by atoms with Crippen LogP contribution in [-0.2, 0) is 0 Å². The van der Waals surface area contributed by atoms with Crippen molar-refractivity contribution in [3.05, 3.63) is 36.0 Å². The summed E-state index contributed by atoms with van der Waals surface area (Å²) in [5.41, 5.74) is 2.64. The number of rotatable bonds is 2. The molecule has 0 aromatic rings. The molecule has 1 nitrogen and oxygen atoms in total. The molecule has 1 aliphatic rings. The van der Waals surface area contributed by atoms with Gasteiger partial charge in [-0.15, -0.1) is 0 Å². The van der Waals surface area contributed by atoms with Crippen molar-refractivity contribution in [3.8, 4) is 0 Å². The molecule has 12 heavy (non-hydrogen) atoms. The molecule has 0 amide bonds. The Balaban J connectivity index is 2.69. The van der Waals surface area contributed by atoms with Crippen molar-refractivity contribution in [1.29, 1.82) is 0 Å². The van der Waals surface area contributed by atoms with Crippen LogP contribution in [0.15, 0.2) is 36.0 Å². The standard InChI is InChI=1S/C11H17N/c1-9-6-5-7-10(2)11(9)8-12(3)4/h5-7,11H,1,8H2,2-4H3. The zero-order valence-electron chi connectivity index (χ0n) is 8.17. The summed E-state index contributed by atoms with van der Waals surface area (Å²) in [6.45, 7) is 7.28. The highest BCUT2D eigenvalue weighted by atomic mass is 15.1. The van der Waals surface area contributed by atoms with Crippen molar-refractivity contribution in [2.45, 2.75) is 6.92 Å². The van der Waals surface area contributed by atoms with Crippen LogP contribution in [0.25, 0.3) is 0 Å². The molecule has 1 atom stereocenters. The van der Waals surface area contributed by atoms with E-state index in [-0.39, 0.29) is 0 Å². The number of hydrogen-bond donors (Lipinski definition) is 0. The first-order chi connectivity index (χ1) is 5.61. The Hall–Kier alpha value is -0.820. The molecule has 1 heteroatoms. The summed E-state index contributed by atoms with van der Waals surface area (Å²) >= 11 is 0. The minimum absolute atomic E-state index is 0.519. The quantitative estimate of drug-likeness (QED) is 0.603. The maximum atomic E-state index is 4.04. The highest BCUT2D eigenvalue weighted by Crippen LogP contribution is 2.24. The Morgan fingerprint density at radius 2 is 2.17 bits per heavy atom. The molecule has 1 rings (SSSR count). The Morgan fingerprint density at radius 1 is 1.50 bits per heavy atom. The molecule has 1 aliphatic carbocycles. The fourth-order valence-electron chi connectivity index (χ4n) is 1.47. The van der Waals surface area contributed by atoms with Crippen molar-refractivity contribution in [2.24, 2.45) is 5.92 Å². The van der Waals surface area contributed by atoms with Gasteiger partial charge in [0.2, 0.25) is 0 Å². The van der Waals surface area contributed by atoms with Gasteiger partial charge in [-0.3, -0.25) is 0 Å². The normalized spacial score (nSPS) is 23.2. The first-order valence-corrected chi connectivity index (χ1v) is 4.29. The highest BCUT2D eigenvalue weighted by Gasteiger charge is 2.15. The van der Waals surface area contributed by atoms with Gasteiger partial charge < -0.3 is 4.90 Å². The smallest absolute Gasteiger partial charge is 0.0170 e. The van der Waals surface area contributed by atoms with Crippen molar-refractivity contribution in [1.82, 2.24) is 4.90 Å². The van der Waals surface area contributed by atoms with Gasteiger partial charge in [-0.05, 0) is 26.6 Å². The molecule has 66 valence electrons. The van der Waals surface area contributed by atoms with Crippen molar-refractivity contribution in [3.63, 3.8) is 0 Å². The second kappa shape index (κ2) is 3.72. The summed E-state index contributed by atoms with van der Waals surface area (Å²) in [6, 6.07) is 0. The molecular weight excluding hydrogens is 146 g/mol. The maximum absolute atomic E-state index is 4.04. The predicted molar refractivity (Wildman–Crippen MR) is 54.1 cm³/mol. The van der Waals surface area contributed by atoms with Gasteiger partial charge in [-0.2, -0.15) is 0 Å². The summed E-state index contributed by atoms with van der Waals surface area (Å²) in [5, 5.41) is 0. The van der Waals surface area contributed by atoms with Crippen LogP contribution in [0.4, 0.5) is 0 Å². The molecular formula is C11H17N. The molecule has 0 aromatic heterocycles. The molecule has 0 bridgehead atoms. The van der Waals surface area contributed by atoms with E-state index in [1.165, 1.54) is 11.1 Å². The van der Waals surface area contributed by atoms with E-state index in [1.54, 1.807) is 0 Å². The number of hydrogen-bond acceptors (Lipinski definition) is 1. The Bertz CT molecular complexity index is 233. The number of allylic oxidation sites excluding steroid dienone is 3. The van der Waals surface area contributed by atoms with Gasteiger partial charge in [0, 0.05) is 12.5 Å². The number of nitrogens with zero attached hydrogens (tertiary/aromatic N) is 1. The third-order valence-corrected chi connectivity index (χ3v) is 2.21. The minimum Gasteiger partial charge on any atom is -0.308 e. The van der Waals surface area contributed by atoms with E-state index in [0.717, 1.165) is 6.54 Å². The van der Waals surface area contributed by atoms with Crippen LogP contribution in [0.2, 0.25) is 0 Å². The van der Waals surface area contributed by atoms with Gasteiger partial charge in [-0.1, -0.05) is 30.4 Å². The van der Waals surface area contributed by atoms with Crippen LogP contribution in [0.5, 0.6) is 0 Å². The molecule has 0 saturated carbocycles. The zero-order valence-corrected chi connectivity index (χ0v) is 8.17. The molecule has 0 radical (unpaired) electrons.